The van der Waals surface area contributed by atoms with E-state index in [0.717, 1.165) is 87.2 Å². The predicted molar refractivity (Wildman–Crippen MR) is 334 cm³/mol. The second kappa shape index (κ2) is 27.2. The molecular weight excluding hydrogens is 1160 g/mol. The zero-order valence-corrected chi connectivity index (χ0v) is 48.3. The fourth-order valence-corrected chi connectivity index (χ4v) is 10.7. The van der Waals surface area contributed by atoms with Crippen LogP contribution in [0.3, 0.4) is 0 Å². The lowest BCUT2D eigenvalue weighted by molar-refractivity contribution is 0.391. The highest BCUT2D eigenvalue weighted by molar-refractivity contribution is 9.11. The highest BCUT2D eigenvalue weighted by Crippen LogP contribution is 2.45. The molecule has 0 atom stereocenters. The second-order valence-corrected chi connectivity index (χ2v) is 20.4. The smallest absolute Gasteiger partial charge is 0.491 e. The first kappa shape index (κ1) is 58.0. The average Bonchev–Trinajstić information content (AvgIpc) is 3.66. The van der Waals surface area contributed by atoms with Crippen molar-refractivity contribution < 1.29 is 42.2 Å². The van der Waals surface area contributed by atoms with Crippen molar-refractivity contribution in [3.05, 3.63) is 269 Å². The average molecular weight is 1220 g/mol. The van der Waals surface area contributed by atoms with Crippen LogP contribution >= 0.6 is 31.9 Å². The van der Waals surface area contributed by atoms with Gasteiger partial charge < -0.3 is 29.0 Å². The van der Waals surface area contributed by atoms with E-state index in [-0.39, 0.29) is 5.46 Å². The Bertz CT molecular complexity index is 3800. The summed E-state index contributed by atoms with van der Waals surface area (Å²) < 4.78 is 68.5. The lowest BCUT2D eigenvalue weighted by Gasteiger charge is -2.18. The minimum Gasteiger partial charge on any atom is -0.496 e. The Morgan fingerprint density at radius 1 is 0.280 bits per heavy atom. The van der Waals surface area contributed by atoms with E-state index in [2.05, 4.69) is 80.4 Å². The molecule has 11 aromatic carbocycles. The molecule has 0 heterocycles. The lowest BCUT2D eigenvalue weighted by Crippen LogP contribution is -2.32. The topological polar surface area (TPSA) is 77.4 Å². The van der Waals surface area contributed by atoms with E-state index in [1.807, 2.05) is 140 Å². The Morgan fingerprint density at radius 3 is 0.915 bits per heavy atom. The third-order valence-corrected chi connectivity index (χ3v) is 14.9. The van der Waals surface area contributed by atoms with Crippen molar-refractivity contribution in [2.24, 2.45) is 0 Å². The molecule has 0 aliphatic heterocycles. The number of halogens is 5. The van der Waals surface area contributed by atoms with Gasteiger partial charge in [-0.05, 0) is 159 Å². The van der Waals surface area contributed by atoms with Crippen LogP contribution in [-0.4, -0.2) is 45.6 Å². The van der Waals surface area contributed by atoms with Gasteiger partial charge in [-0.3, -0.25) is 0 Å². The molecule has 12 heteroatoms. The van der Waals surface area contributed by atoms with Gasteiger partial charge in [0, 0.05) is 39.8 Å². The Morgan fingerprint density at radius 2 is 0.573 bits per heavy atom. The van der Waals surface area contributed by atoms with Crippen molar-refractivity contribution in [3.63, 3.8) is 0 Å². The Balaban J connectivity index is 0.000000194. The first-order chi connectivity index (χ1) is 39.8. The maximum Gasteiger partial charge on any atom is 0.491 e. The zero-order chi connectivity index (χ0) is 57.7. The summed E-state index contributed by atoms with van der Waals surface area (Å²) >= 11 is 6.72. The van der Waals surface area contributed by atoms with Crippen LogP contribution in [-0.2, 0) is 0 Å². The number of benzene rings is 11. The van der Waals surface area contributed by atoms with E-state index >= 15 is 8.78 Å². The summed E-state index contributed by atoms with van der Waals surface area (Å²) in [7, 11) is 4.48. The molecule has 2 N–H and O–H groups in total. The first-order valence-electron chi connectivity index (χ1n) is 25.9. The molecule has 0 bridgehead atoms. The fourth-order valence-electron chi connectivity index (χ4n) is 9.41. The summed E-state index contributed by atoms with van der Waals surface area (Å²) in [5, 5.41) is 18.4. The third-order valence-electron chi connectivity index (χ3n) is 13.6. The minimum absolute atomic E-state index is 0.123. The number of hydrogen-bond acceptors (Lipinski definition) is 6. The summed E-state index contributed by atoms with van der Waals surface area (Å²) in [6.07, 6.45) is 0. The maximum atomic E-state index is 15.7. The molecule has 0 aromatic heterocycles. The SMILES string of the molecule is COc1cc(OC)c(-c2cc(-c3cccc(-c4ccccc4)c3)ccc2F)cc1-c1cc(-c2cccc(-c3ccccc3)c2)ccc1F.COc1cc(OC)c(Br)cc1Br.OB(O)c1cc(-c2cccc(-c3ccccc3)c2)ccc1F. The molecular formula is C70H54BBr2F3O6. The molecule has 0 unspecified atom stereocenters. The van der Waals surface area contributed by atoms with Gasteiger partial charge in [0.15, 0.2) is 0 Å². The van der Waals surface area contributed by atoms with Crippen molar-refractivity contribution >= 4 is 44.4 Å². The first-order valence-corrected chi connectivity index (χ1v) is 27.5. The number of hydrogen-bond donors (Lipinski definition) is 2. The molecule has 0 amide bonds. The molecule has 0 spiro atoms. The molecule has 0 radical (unpaired) electrons. The van der Waals surface area contributed by atoms with Gasteiger partial charge in [-0.1, -0.05) is 170 Å². The van der Waals surface area contributed by atoms with Gasteiger partial charge in [0.1, 0.15) is 40.4 Å². The molecule has 82 heavy (non-hydrogen) atoms. The maximum absolute atomic E-state index is 15.7. The van der Waals surface area contributed by atoms with Crippen molar-refractivity contribution in [2.75, 3.05) is 28.4 Å². The van der Waals surface area contributed by atoms with Crippen molar-refractivity contribution in [2.45, 2.75) is 0 Å². The minimum atomic E-state index is -1.82. The van der Waals surface area contributed by atoms with Crippen LogP contribution in [0, 0.1) is 17.5 Å². The Kier molecular flexibility index (Phi) is 19.3. The van der Waals surface area contributed by atoms with Gasteiger partial charge in [-0.15, -0.1) is 0 Å². The highest BCUT2D eigenvalue weighted by atomic mass is 79.9. The van der Waals surface area contributed by atoms with E-state index in [0.29, 0.717) is 33.8 Å². The van der Waals surface area contributed by atoms with E-state index in [4.69, 9.17) is 18.9 Å². The normalized spacial score (nSPS) is 10.6. The number of rotatable bonds is 13. The Hall–Kier alpha value is -8.65. The van der Waals surface area contributed by atoms with Gasteiger partial charge in [-0.2, -0.15) is 0 Å². The van der Waals surface area contributed by atoms with Gasteiger partial charge in [0.05, 0.1) is 37.4 Å². The zero-order valence-electron chi connectivity index (χ0n) is 45.1. The van der Waals surface area contributed by atoms with E-state index in [1.54, 1.807) is 44.6 Å². The quantitative estimate of drug-likeness (QED) is 0.112. The van der Waals surface area contributed by atoms with E-state index in [9.17, 15) is 14.4 Å². The van der Waals surface area contributed by atoms with E-state index in [1.165, 1.54) is 38.5 Å². The van der Waals surface area contributed by atoms with Crippen molar-refractivity contribution in [3.8, 4) is 112 Å². The van der Waals surface area contributed by atoms with Crippen LogP contribution in [0.1, 0.15) is 0 Å². The molecule has 11 rings (SSSR count). The Labute approximate surface area is 493 Å². The lowest BCUT2D eigenvalue weighted by atomic mass is 9.78. The van der Waals surface area contributed by atoms with Crippen LogP contribution < -0.4 is 24.4 Å². The molecule has 0 fully saturated rings. The monoisotopic (exact) mass is 1220 g/mol. The molecule has 0 aliphatic carbocycles. The summed E-state index contributed by atoms with van der Waals surface area (Å²) in [6.45, 7) is 0. The number of methoxy groups -OCH3 is 4. The predicted octanol–water partition coefficient (Wildman–Crippen LogP) is 18.1. The van der Waals surface area contributed by atoms with Gasteiger partial charge in [-0.25, -0.2) is 13.2 Å². The molecule has 6 nitrogen and oxygen atoms in total. The van der Waals surface area contributed by atoms with Gasteiger partial charge in [0.25, 0.3) is 0 Å². The summed E-state index contributed by atoms with van der Waals surface area (Å²) in [5.74, 6) is 0.885. The van der Waals surface area contributed by atoms with Crippen LogP contribution in [0.15, 0.2) is 252 Å². The largest absolute Gasteiger partial charge is 0.496 e. The fraction of sp³-hybridized carbons (Fsp3) is 0.0571. The number of ether oxygens (including phenoxy) is 4. The van der Waals surface area contributed by atoms with Crippen LogP contribution in [0.5, 0.6) is 23.0 Å². The van der Waals surface area contributed by atoms with Crippen molar-refractivity contribution in [1.82, 2.24) is 0 Å². The van der Waals surface area contributed by atoms with Crippen LogP contribution in [0.2, 0.25) is 0 Å². The summed E-state index contributed by atoms with van der Waals surface area (Å²) in [5.41, 5.74) is 13.2. The van der Waals surface area contributed by atoms with Gasteiger partial charge >= 0.3 is 7.12 Å². The van der Waals surface area contributed by atoms with E-state index < -0.39 is 24.6 Å². The molecule has 11 aromatic rings. The second-order valence-electron chi connectivity index (χ2n) is 18.7. The summed E-state index contributed by atoms with van der Waals surface area (Å²) in [4.78, 5) is 0. The van der Waals surface area contributed by atoms with Crippen LogP contribution in [0.25, 0.3) is 89.0 Å². The van der Waals surface area contributed by atoms with Gasteiger partial charge in [0.2, 0.25) is 0 Å². The highest BCUT2D eigenvalue weighted by Gasteiger charge is 2.21. The van der Waals surface area contributed by atoms with Crippen molar-refractivity contribution in [1.29, 1.82) is 0 Å². The molecule has 0 aliphatic rings. The van der Waals surface area contributed by atoms with Crippen LogP contribution in [0.4, 0.5) is 13.2 Å². The standard InChI is InChI=1S/C44H32F2O2.C18H14BFO2.C8H8Br2O2/c1-47-43-28-44(48-2)40(38-26-36(20-22-42(38)46)34-18-10-16-32(24-34)30-13-7-4-8-14-30)27-39(43)37-25-35(19-21-41(37)45)33-17-9-15-31(23-33)29-11-5-3-6-12-29;20-18-10-9-16(12-17(18)19(21)22)15-8-4-7-14(11-15)13-5-2-1-3-6-13;1-11-7-4-8(12-2)6(10)3-5(7)9/h3-28H,1-2H3;1-12,21-22H;3-4H,1-2H3. The molecule has 0 saturated heterocycles. The summed E-state index contributed by atoms with van der Waals surface area (Å²) in [6, 6.07) is 75.9. The third kappa shape index (κ3) is 13.7. The molecule has 0 saturated carbocycles. The molecule has 408 valence electrons.